The number of hydrogen-bond donors (Lipinski definition) is 0. The molecule has 3 nitrogen and oxygen atoms in total. The van der Waals surface area contributed by atoms with E-state index in [2.05, 4.69) is 31.9 Å². The van der Waals surface area contributed by atoms with Gasteiger partial charge in [-0.3, -0.25) is 0 Å². The van der Waals surface area contributed by atoms with Gasteiger partial charge in [0.2, 0.25) is 5.88 Å². The van der Waals surface area contributed by atoms with Crippen LogP contribution in [0.4, 0.5) is 5.69 Å². The fraction of sp³-hybridized carbons (Fsp3) is 0.615. The highest BCUT2D eigenvalue weighted by Crippen LogP contribution is 2.29. The van der Waals surface area contributed by atoms with Crippen molar-refractivity contribution in [1.82, 2.24) is 4.98 Å². The predicted octanol–water partition coefficient (Wildman–Crippen LogP) is 3.23. The number of alkyl halides is 1. The number of anilines is 1. The van der Waals surface area contributed by atoms with E-state index in [4.69, 9.17) is 4.74 Å². The number of halogens is 1. The van der Waals surface area contributed by atoms with Crippen LogP contribution in [-0.4, -0.2) is 30.0 Å². The molecule has 2 heterocycles. The van der Waals surface area contributed by atoms with Crippen LogP contribution < -0.4 is 9.64 Å². The molecule has 0 aromatic carbocycles. The predicted molar refractivity (Wildman–Crippen MR) is 74.2 cm³/mol. The van der Waals surface area contributed by atoms with Gasteiger partial charge >= 0.3 is 0 Å². The summed E-state index contributed by atoms with van der Waals surface area (Å²) >= 11 is 3.51. The van der Waals surface area contributed by atoms with Crippen LogP contribution >= 0.6 is 15.9 Å². The van der Waals surface area contributed by atoms with Gasteiger partial charge in [0.05, 0.1) is 7.11 Å². The van der Waals surface area contributed by atoms with E-state index in [0.29, 0.717) is 11.9 Å². The Balaban J connectivity index is 2.08. The van der Waals surface area contributed by atoms with Gasteiger partial charge in [-0.25, -0.2) is 4.98 Å². The molecule has 2 rings (SSSR count). The molecule has 4 heteroatoms. The minimum absolute atomic E-state index is 0.680. The number of aromatic nitrogens is 1. The number of nitrogens with zero attached hydrogens (tertiary/aromatic N) is 2. The van der Waals surface area contributed by atoms with Crippen LogP contribution in [0, 0.1) is 0 Å². The zero-order valence-electron chi connectivity index (χ0n) is 10.2. The maximum atomic E-state index is 5.19. The van der Waals surface area contributed by atoms with Gasteiger partial charge in [0, 0.05) is 35.9 Å². The highest BCUT2D eigenvalue weighted by atomic mass is 79.9. The lowest BCUT2D eigenvalue weighted by molar-refractivity contribution is 0.398. The van der Waals surface area contributed by atoms with Crippen molar-refractivity contribution in [2.75, 3.05) is 23.9 Å². The Morgan fingerprint density at radius 3 is 3.24 bits per heavy atom. The van der Waals surface area contributed by atoms with Crippen molar-refractivity contribution >= 4 is 21.6 Å². The van der Waals surface area contributed by atoms with Crippen molar-refractivity contribution in [2.24, 2.45) is 0 Å². The van der Waals surface area contributed by atoms with Crippen LogP contribution in [0.1, 0.15) is 25.7 Å². The van der Waals surface area contributed by atoms with Gasteiger partial charge < -0.3 is 9.64 Å². The van der Waals surface area contributed by atoms with E-state index in [1.165, 1.54) is 31.4 Å². The number of pyridine rings is 1. The summed E-state index contributed by atoms with van der Waals surface area (Å²) in [7, 11) is 1.67. The lowest BCUT2D eigenvalue weighted by Gasteiger charge is -2.26. The standard InChI is InChI=1S/C13H19BrN2O/c1-17-13-10-12(6-8-15-13)16-9-3-5-11(16)4-2-7-14/h6,8,10-11H,2-5,7,9H2,1H3. The van der Waals surface area contributed by atoms with E-state index in [1.54, 1.807) is 7.11 Å². The number of ether oxygens (including phenoxy) is 1. The molecular weight excluding hydrogens is 280 g/mol. The molecule has 1 aliphatic rings. The molecule has 17 heavy (non-hydrogen) atoms. The molecule has 1 atom stereocenters. The Kier molecular flexibility index (Phi) is 4.66. The largest absolute Gasteiger partial charge is 0.481 e. The molecule has 0 aliphatic carbocycles. The van der Waals surface area contributed by atoms with E-state index in [-0.39, 0.29) is 0 Å². The summed E-state index contributed by atoms with van der Waals surface area (Å²) in [6, 6.07) is 4.79. The van der Waals surface area contributed by atoms with Gasteiger partial charge in [0.1, 0.15) is 0 Å². The van der Waals surface area contributed by atoms with Gasteiger partial charge in [0.15, 0.2) is 0 Å². The van der Waals surface area contributed by atoms with Crippen molar-refractivity contribution in [3.05, 3.63) is 18.3 Å². The summed E-state index contributed by atoms with van der Waals surface area (Å²) in [5.74, 6) is 0.702. The molecule has 1 aromatic heterocycles. The van der Waals surface area contributed by atoms with Crippen LogP contribution in [0.5, 0.6) is 5.88 Å². The second kappa shape index (κ2) is 6.24. The molecule has 1 fully saturated rings. The first-order valence-corrected chi connectivity index (χ1v) is 7.30. The second-order valence-corrected chi connectivity index (χ2v) is 5.17. The van der Waals surface area contributed by atoms with Crippen molar-refractivity contribution in [2.45, 2.75) is 31.7 Å². The molecule has 1 aliphatic heterocycles. The topological polar surface area (TPSA) is 25.4 Å². The number of methoxy groups -OCH3 is 1. The fourth-order valence-corrected chi connectivity index (χ4v) is 2.80. The molecule has 1 unspecified atom stereocenters. The Hall–Kier alpha value is -0.770. The average Bonchev–Trinajstić information content (AvgIpc) is 2.84. The van der Waals surface area contributed by atoms with Gasteiger partial charge in [0.25, 0.3) is 0 Å². The summed E-state index contributed by atoms with van der Waals surface area (Å²) in [4.78, 5) is 6.65. The normalized spacial score (nSPS) is 19.6. The summed E-state index contributed by atoms with van der Waals surface area (Å²) < 4.78 is 5.19. The molecule has 0 radical (unpaired) electrons. The highest BCUT2D eigenvalue weighted by molar-refractivity contribution is 9.09. The minimum atomic E-state index is 0.680. The third kappa shape index (κ3) is 3.12. The van der Waals surface area contributed by atoms with E-state index in [9.17, 15) is 0 Å². The summed E-state index contributed by atoms with van der Waals surface area (Å²) in [5.41, 5.74) is 1.24. The van der Waals surface area contributed by atoms with E-state index in [0.717, 1.165) is 11.9 Å². The van der Waals surface area contributed by atoms with Crippen LogP contribution in [0.15, 0.2) is 18.3 Å². The molecule has 0 spiro atoms. The third-order valence-electron chi connectivity index (χ3n) is 3.31. The molecule has 0 saturated carbocycles. The molecule has 0 N–H and O–H groups in total. The van der Waals surface area contributed by atoms with Gasteiger partial charge in [-0.15, -0.1) is 0 Å². The van der Waals surface area contributed by atoms with E-state index >= 15 is 0 Å². The third-order valence-corrected chi connectivity index (χ3v) is 3.87. The molecular formula is C13H19BrN2O. The first kappa shape index (κ1) is 12.7. The first-order chi connectivity index (χ1) is 8.35. The smallest absolute Gasteiger partial charge is 0.214 e. The van der Waals surface area contributed by atoms with Gasteiger partial charge in [-0.1, -0.05) is 15.9 Å². The lowest BCUT2D eigenvalue weighted by Crippen LogP contribution is -2.29. The summed E-state index contributed by atoms with van der Waals surface area (Å²) in [5, 5.41) is 1.09. The molecule has 1 aromatic rings. The van der Waals surface area contributed by atoms with Crippen LogP contribution in [0.3, 0.4) is 0 Å². The van der Waals surface area contributed by atoms with Gasteiger partial charge in [-0.05, 0) is 31.7 Å². The number of hydrogen-bond acceptors (Lipinski definition) is 3. The average molecular weight is 299 g/mol. The molecule has 94 valence electrons. The quantitative estimate of drug-likeness (QED) is 0.781. The molecule has 0 bridgehead atoms. The SMILES string of the molecule is COc1cc(N2CCCC2CCCBr)ccn1. The summed E-state index contributed by atoms with van der Waals surface area (Å²) in [6.07, 6.45) is 6.92. The van der Waals surface area contributed by atoms with Crippen molar-refractivity contribution < 1.29 is 4.74 Å². The van der Waals surface area contributed by atoms with Crippen molar-refractivity contribution in [3.63, 3.8) is 0 Å². The van der Waals surface area contributed by atoms with Crippen LogP contribution in [-0.2, 0) is 0 Å². The fourth-order valence-electron chi connectivity index (χ4n) is 2.48. The maximum Gasteiger partial charge on any atom is 0.214 e. The Bertz CT molecular complexity index is 359. The monoisotopic (exact) mass is 298 g/mol. The zero-order chi connectivity index (χ0) is 12.1. The highest BCUT2D eigenvalue weighted by Gasteiger charge is 2.24. The zero-order valence-corrected chi connectivity index (χ0v) is 11.8. The lowest BCUT2D eigenvalue weighted by atomic mass is 10.1. The van der Waals surface area contributed by atoms with E-state index in [1.807, 2.05) is 12.3 Å². The van der Waals surface area contributed by atoms with E-state index < -0.39 is 0 Å². The Morgan fingerprint density at radius 1 is 1.59 bits per heavy atom. The maximum absolute atomic E-state index is 5.19. The second-order valence-electron chi connectivity index (χ2n) is 4.38. The van der Waals surface area contributed by atoms with Gasteiger partial charge in [-0.2, -0.15) is 0 Å². The van der Waals surface area contributed by atoms with Crippen molar-refractivity contribution in [3.8, 4) is 5.88 Å². The molecule has 0 amide bonds. The first-order valence-electron chi connectivity index (χ1n) is 6.18. The Morgan fingerprint density at radius 2 is 2.47 bits per heavy atom. The van der Waals surface area contributed by atoms with Crippen LogP contribution in [0.25, 0.3) is 0 Å². The number of rotatable bonds is 5. The van der Waals surface area contributed by atoms with Crippen molar-refractivity contribution in [1.29, 1.82) is 0 Å². The molecule has 1 saturated heterocycles. The minimum Gasteiger partial charge on any atom is -0.481 e. The van der Waals surface area contributed by atoms with Crippen LogP contribution in [0.2, 0.25) is 0 Å². The Labute approximate surface area is 111 Å². The summed E-state index contributed by atoms with van der Waals surface area (Å²) in [6.45, 7) is 1.15.